The van der Waals surface area contributed by atoms with Crippen LogP contribution in [0.1, 0.15) is 29.8 Å². The molecule has 0 radical (unpaired) electrons. The molecule has 2 rings (SSSR count). The number of nitrogens with one attached hydrogen (secondary N) is 1. The van der Waals surface area contributed by atoms with E-state index in [0.717, 1.165) is 11.3 Å². The van der Waals surface area contributed by atoms with Crippen LogP contribution in [0.4, 0.5) is 5.69 Å². The Morgan fingerprint density at radius 1 is 1.07 bits per heavy atom. The van der Waals surface area contributed by atoms with E-state index in [-0.39, 0.29) is 5.78 Å². The van der Waals surface area contributed by atoms with Gasteiger partial charge in [-0.25, -0.2) is 4.79 Å². The minimum Gasteiger partial charge on any atom is -0.494 e. The number of carbonyl (C=O) groups is 3. The molecule has 6 nitrogen and oxygen atoms in total. The quantitative estimate of drug-likeness (QED) is 0.439. The summed E-state index contributed by atoms with van der Waals surface area (Å²) in [5.41, 5.74) is 1.76. The Balaban J connectivity index is 1.81. The standard InChI is InChI=1S/C21H21NO5/c1-3-26-19-10-7-16(8-11-19)9-12-21(25)27-14-20(24)22-18-6-4-5-17(13-18)15(2)23/h4-13H,3,14H2,1-2H3,(H,22,24)/b12-9+. The van der Waals surface area contributed by atoms with Crippen LogP contribution in [0.15, 0.2) is 54.6 Å². The first kappa shape index (κ1) is 19.9. The van der Waals surface area contributed by atoms with E-state index in [1.807, 2.05) is 19.1 Å². The first-order valence-corrected chi connectivity index (χ1v) is 8.46. The SMILES string of the molecule is CCOc1ccc(/C=C/C(=O)OCC(=O)Nc2cccc(C(C)=O)c2)cc1. The van der Waals surface area contributed by atoms with Gasteiger partial charge in [0.25, 0.3) is 5.91 Å². The Kier molecular flexibility index (Phi) is 7.31. The van der Waals surface area contributed by atoms with Crippen molar-refractivity contribution in [2.45, 2.75) is 13.8 Å². The molecule has 0 aliphatic heterocycles. The molecule has 0 bridgehead atoms. The summed E-state index contributed by atoms with van der Waals surface area (Å²) in [6, 6.07) is 13.8. The summed E-state index contributed by atoms with van der Waals surface area (Å²) in [7, 11) is 0. The summed E-state index contributed by atoms with van der Waals surface area (Å²) in [5, 5.41) is 2.58. The van der Waals surface area contributed by atoms with Gasteiger partial charge in [0.1, 0.15) is 5.75 Å². The number of hydrogen-bond acceptors (Lipinski definition) is 5. The fourth-order valence-corrected chi connectivity index (χ4v) is 2.20. The van der Waals surface area contributed by atoms with Crippen molar-refractivity contribution in [2.75, 3.05) is 18.5 Å². The number of anilines is 1. The van der Waals surface area contributed by atoms with Gasteiger partial charge in [0.2, 0.25) is 0 Å². The number of Topliss-reactive ketones (excluding diaryl/α,β-unsaturated/α-hetero) is 1. The maximum absolute atomic E-state index is 11.9. The Labute approximate surface area is 157 Å². The lowest BCUT2D eigenvalue weighted by Crippen LogP contribution is -2.20. The van der Waals surface area contributed by atoms with Gasteiger partial charge in [-0.15, -0.1) is 0 Å². The van der Waals surface area contributed by atoms with E-state index in [0.29, 0.717) is 17.9 Å². The van der Waals surface area contributed by atoms with Crippen molar-refractivity contribution < 1.29 is 23.9 Å². The van der Waals surface area contributed by atoms with Crippen molar-refractivity contribution >= 4 is 29.4 Å². The van der Waals surface area contributed by atoms with Crippen LogP contribution in [0, 0.1) is 0 Å². The van der Waals surface area contributed by atoms with Gasteiger partial charge < -0.3 is 14.8 Å². The maximum atomic E-state index is 11.9. The molecule has 2 aromatic rings. The molecule has 6 heteroatoms. The Morgan fingerprint density at radius 3 is 2.48 bits per heavy atom. The van der Waals surface area contributed by atoms with Gasteiger partial charge >= 0.3 is 5.97 Å². The summed E-state index contributed by atoms with van der Waals surface area (Å²) in [5.74, 6) is -0.463. The second kappa shape index (κ2) is 9.91. The smallest absolute Gasteiger partial charge is 0.331 e. The van der Waals surface area contributed by atoms with Gasteiger partial charge in [0.05, 0.1) is 6.61 Å². The highest BCUT2D eigenvalue weighted by Crippen LogP contribution is 2.13. The molecule has 0 saturated carbocycles. The van der Waals surface area contributed by atoms with Crippen LogP contribution in [-0.4, -0.2) is 30.9 Å². The van der Waals surface area contributed by atoms with Gasteiger partial charge in [0, 0.05) is 17.3 Å². The van der Waals surface area contributed by atoms with Crippen LogP contribution < -0.4 is 10.1 Å². The molecular weight excluding hydrogens is 346 g/mol. The third kappa shape index (κ3) is 6.78. The molecule has 1 amide bonds. The molecule has 0 aliphatic carbocycles. The second-order valence-electron chi connectivity index (χ2n) is 5.63. The highest BCUT2D eigenvalue weighted by atomic mass is 16.5. The van der Waals surface area contributed by atoms with Crippen molar-refractivity contribution in [1.29, 1.82) is 0 Å². The van der Waals surface area contributed by atoms with Gasteiger partial charge in [-0.3, -0.25) is 9.59 Å². The Bertz CT molecular complexity index is 840. The predicted octanol–water partition coefficient (Wildman–Crippen LogP) is 3.48. The number of hydrogen-bond donors (Lipinski definition) is 1. The number of amides is 1. The van der Waals surface area contributed by atoms with Crippen LogP contribution in [0.3, 0.4) is 0 Å². The Morgan fingerprint density at radius 2 is 1.81 bits per heavy atom. The average molecular weight is 367 g/mol. The number of benzene rings is 2. The first-order chi connectivity index (χ1) is 13.0. The van der Waals surface area contributed by atoms with Crippen molar-refractivity contribution in [3.8, 4) is 5.75 Å². The van der Waals surface area contributed by atoms with Crippen LogP contribution >= 0.6 is 0 Å². The molecule has 140 valence electrons. The van der Waals surface area contributed by atoms with Crippen molar-refractivity contribution in [3.05, 3.63) is 65.7 Å². The largest absolute Gasteiger partial charge is 0.494 e. The normalized spacial score (nSPS) is 10.4. The average Bonchev–Trinajstić information content (AvgIpc) is 2.66. The molecule has 0 heterocycles. The predicted molar refractivity (Wildman–Crippen MR) is 103 cm³/mol. The van der Waals surface area contributed by atoms with E-state index >= 15 is 0 Å². The fraction of sp³-hybridized carbons (Fsp3) is 0.190. The van der Waals surface area contributed by atoms with E-state index < -0.39 is 18.5 Å². The van der Waals surface area contributed by atoms with Gasteiger partial charge in [0.15, 0.2) is 12.4 Å². The van der Waals surface area contributed by atoms with Gasteiger partial charge in [-0.05, 0) is 49.8 Å². The molecule has 0 atom stereocenters. The van der Waals surface area contributed by atoms with E-state index in [1.54, 1.807) is 42.5 Å². The molecule has 2 aromatic carbocycles. The molecule has 0 aliphatic rings. The van der Waals surface area contributed by atoms with Crippen LogP contribution in [0.25, 0.3) is 6.08 Å². The minimum absolute atomic E-state index is 0.100. The highest BCUT2D eigenvalue weighted by molar-refractivity contribution is 5.98. The van der Waals surface area contributed by atoms with Crippen molar-refractivity contribution in [1.82, 2.24) is 0 Å². The molecule has 1 N–H and O–H groups in total. The maximum Gasteiger partial charge on any atom is 0.331 e. The van der Waals surface area contributed by atoms with Gasteiger partial charge in [-0.1, -0.05) is 24.3 Å². The fourth-order valence-electron chi connectivity index (χ4n) is 2.20. The molecule has 27 heavy (non-hydrogen) atoms. The molecular formula is C21H21NO5. The third-order valence-electron chi connectivity index (χ3n) is 3.50. The lowest BCUT2D eigenvalue weighted by Gasteiger charge is -2.06. The van der Waals surface area contributed by atoms with Crippen molar-refractivity contribution in [2.24, 2.45) is 0 Å². The summed E-state index contributed by atoms with van der Waals surface area (Å²) in [4.78, 5) is 34.9. The molecule has 0 fully saturated rings. The number of carbonyl (C=O) groups excluding carboxylic acids is 3. The Hall–Kier alpha value is -3.41. The number of esters is 1. The number of ether oxygens (including phenoxy) is 2. The summed E-state index contributed by atoms with van der Waals surface area (Å²) in [6.45, 7) is 3.51. The zero-order valence-corrected chi connectivity index (χ0v) is 15.2. The zero-order chi connectivity index (χ0) is 19.6. The lowest BCUT2D eigenvalue weighted by atomic mass is 10.1. The second-order valence-corrected chi connectivity index (χ2v) is 5.63. The zero-order valence-electron chi connectivity index (χ0n) is 15.2. The lowest BCUT2D eigenvalue weighted by molar-refractivity contribution is -0.142. The van der Waals surface area contributed by atoms with E-state index in [1.165, 1.54) is 13.0 Å². The van der Waals surface area contributed by atoms with Crippen LogP contribution in [-0.2, 0) is 14.3 Å². The summed E-state index contributed by atoms with van der Waals surface area (Å²) >= 11 is 0. The summed E-state index contributed by atoms with van der Waals surface area (Å²) < 4.78 is 10.3. The monoisotopic (exact) mass is 367 g/mol. The van der Waals surface area contributed by atoms with E-state index in [4.69, 9.17) is 9.47 Å². The molecule has 0 aromatic heterocycles. The van der Waals surface area contributed by atoms with Crippen molar-refractivity contribution in [3.63, 3.8) is 0 Å². The molecule has 0 unspecified atom stereocenters. The number of ketones is 1. The summed E-state index contributed by atoms with van der Waals surface area (Å²) in [6.07, 6.45) is 2.84. The topological polar surface area (TPSA) is 81.7 Å². The van der Waals surface area contributed by atoms with E-state index in [9.17, 15) is 14.4 Å². The number of rotatable bonds is 8. The third-order valence-corrected chi connectivity index (χ3v) is 3.50. The van der Waals surface area contributed by atoms with E-state index in [2.05, 4.69) is 5.32 Å². The molecule has 0 saturated heterocycles. The van der Waals surface area contributed by atoms with Crippen LogP contribution in [0.5, 0.6) is 5.75 Å². The van der Waals surface area contributed by atoms with Crippen LogP contribution in [0.2, 0.25) is 0 Å². The highest BCUT2D eigenvalue weighted by Gasteiger charge is 2.07. The molecule has 0 spiro atoms. The van der Waals surface area contributed by atoms with Gasteiger partial charge in [-0.2, -0.15) is 0 Å². The minimum atomic E-state index is -0.628. The first-order valence-electron chi connectivity index (χ1n) is 8.46.